The minimum atomic E-state index is -3.03. The molecule has 114 valence electrons. The predicted octanol–water partition coefficient (Wildman–Crippen LogP) is 1.93. The van der Waals surface area contributed by atoms with Crippen LogP contribution in [0.5, 0.6) is 5.75 Å². The first-order valence-corrected chi connectivity index (χ1v) is 5.66. The Morgan fingerprint density at radius 1 is 1.19 bits per heavy atom. The summed E-state index contributed by atoms with van der Waals surface area (Å²) < 4.78 is 37.8. The highest BCUT2D eigenvalue weighted by Crippen LogP contribution is 2.26. The minimum absolute atomic E-state index is 0.0679. The Labute approximate surface area is 119 Å². The summed E-state index contributed by atoms with van der Waals surface area (Å²) in [6.07, 6.45) is 0.838. The van der Waals surface area contributed by atoms with Gasteiger partial charge in [0.15, 0.2) is 0 Å². The Hall–Kier alpha value is -2.64. The lowest BCUT2D eigenvalue weighted by molar-refractivity contribution is -0.138. The number of carbonyl (C=O) groups excluding carboxylic acids is 2. The van der Waals surface area contributed by atoms with Crippen molar-refractivity contribution < 1.29 is 32.6 Å². The summed E-state index contributed by atoms with van der Waals surface area (Å²) in [5, 5.41) is 2.50. The van der Waals surface area contributed by atoms with Gasteiger partial charge in [-0.3, -0.25) is 0 Å². The minimum Gasteiger partial charge on any atom is -0.466 e. The number of methoxy groups -OCH3 is 2. The molecule has 1 aromatic carbocycles. The molecule has 0 aliphatic heterocycles. The van der Waals surface area contributed by atoms with Crippen LogP contribution in [0.4, 0.5) is 14.5 Å². The number of para-hydroxylation sites is 2. The molecular weight excluding hydrogens is 288 g/mol. The molecule has 6 nitrogen and oxygen atoms in total. The molecule has 0 heterocycles. The molecule has 0 bridgehead atoms. The zero-order chi connectivity index (χ0) is 15.8. The second-order valence-corrected chi connectivity index (χ2v) is 3.57. The maximum absolute atomic E-state index is 12.3. The van der Waals surface area contributed by atoms with Gasteiger partial charge in [-0.25, -0.2) is 9.59 Å². The molecular formula is C13H13F2NO5. The molecule has 21 heavy (non-hydrogen) atoms. The first kappa shape index (κ1) is 16.4. The van der Waals surface area contributed by atoms with Gasteiger partial charge in [0.1, 0.15) is 11.4 Å². The molecule has 1 rings (SSSR count). The van der Waals surface area contributed by atoms with E-state index < -0.39 is 18.6 Å². The lowest BCUT2D eigenvalue weighted by atomic mass is 10.2. The highest BCUT2D eigenvalue weighted by Gasteiger charge is 2.16. The van der Waals surface area contributed by atoms with E-state index in [0.29, 0.717) is 0 Å². The third-order valence-corrected chi connectivity index (χ3v) is 2.24. The standard InChI is InChI=1S/C13H13F2NO5/c1-19-11(17)7-9(12(18)20-2)16-8-5-3-4-6-10(8)21-13(14)15/h3-7,13,16H,1-2H3/b9-7+. The SMILES string of the molecule is COC(=O)/C=C(/Nc1ccccc1OC(F)F)C(=O)OC. The summed E-state index contributed by atoms with van der Waals surface area (Å²) in [6, 6.07) is 5.69. The van der Waals surface area contributed by atoms with Gasteiger partial charge in [0.05, 0.1) is 26.0 Å². The monoisotopic (exact) mass is 301 g/mol. The number of hydrogen-bond donors (Lipinski definition) is 1. The van der Waals surface area contributed by atoms with Gasteiger partial charge < -0.3 is 19.5 Å². The highest BCUT2D eigenvalue weighted by molar-refractivity contribution is 5.99. The van der Waals surface area contributed by atoms with E-state index in [1.165, 1.54) is 24.3 Å². The summed E-state index contributed by atoms with van der Waals surface area (Å²) in [5.74, 6) is -1.87. The van der Waals surface area contributed by atoms with Crippen LogP contribution in [-0.2, 0) is 19.1 Å². The molecule has 0 fully saturated rings. The first-order valence-electron chi connectivity index (χ1n) is 5.66. The van der Waals surface area contributed by atoms with E-state index in [1.54, 1.807) is 0 Å². The van der Waals surface area contributed by atoms with Crippen LogP contribution in [0.3, 0.4) is 0 Å². The van der Waals surface area contributed by atoms with Gasteiger partial charge in [0, 0.05) is 0 Å². The normalized spacial score (nSPS) is 11.0. The molecule has 0 spiro atoms. The summed E-state index contributed by atoms with van der Waals surface area (Å²) in [7, 11) is 2.23. The van der Waals surface area contributed by atoms with Crippen LogP contribution in [-0.4, -0.2) is 32.8 Å². The quantitative estimate of drug-likeness (QED) is 0.639. The van der Waals surface area contributed by atoms with Gasteiger partial charge in [-0.2, -0.15) is 8.78 Å². The second-order valence-electron chi connectivity index (χ2n) is 3.57. The molecule has 0 saturated carbocycles. The maximum atomic E-state index is 12.3. The summed E-state index contributed by atoms with van der Waals surface area (Å²) in [5.41, 5.74) is -0.215. The number of carbonyl (C=O) groups is 2. The molecule has 8 heteroatoms. The molecule has 1 aromatic rings. The molecule has 0 aliphatic rings. The van der Waals surface area contributed by atoms with Gasteiger partial charge in [-0.05, 0) is 12.1 Å². The Morgan fingerprint density at radius 2 is 1.86 bits per heavy atom. The Balaban J connectivity index is 3.06. The van der Waals surface area contributed by atoms with E-state index >= 15 is 0 Å². The van der Waals surface area contributed by atoms with Crippen LogP contribution >= 0.6 is 0 Å². The smallest absolute Gasteiger partial charge is 0.387 e. The van der Waals surface area contributed by atoms with E-state index in [-0.39, 0.29) is 17.1 Å². The fourth-order valence-corrected chi connectivity index (χ4v) is 1.35. The molecule has 0 radical (unpaired) electrons. The third kappa shape index (κ3) is 5.09. The summed E-state index contributed by atoms with van der Waals surface area (Å²) >= 11 is 0. The number of halogens is 2. The first-order chi connectivity index (χ1) is 9.97. The highest BCUT2D eigenvalue weighted by atomic mass is 19.3. The van der Waals surface area contributed by atoms with E-state index in [9.17, 15) is 18.4 Å². The van der Waals surface area contributed by atoms with Crippen LogP contribution in [0.15, 0.2) is 36.0 Å². The Kier molecular flexibility index (Phi) is 6.12. The number of anilines is 1. The van der Waals surface area contributed by atoms with Crippen LogP contribution < -0.4 is 10.1 Å². The number of alkyl halides is 2. The van der Waals surface area contributed by atoms with Gasteiger partial charge in [0.2, 0.25) is 0 Å². The van der Waals surface area contributed by atoms with Gasteiger partial charge >= 0.3 is 18.6 Å². The molecule has 0 aromatic heterocycles. The van der Waals surface area contributed by atoms with Crippen molar-refractivity contribution in [2.45, 2.75) is 6.61 Å². The zero-order valence-electron chi connectivity index (χ0n) is 11.3. The predicted molar refractivity (Wildman–Crippen MR) is 68.8 cm³/mol. The van der Waals surface area contributed by atoms with Crippen molar-refractivity contribution >= 4 is 17.6 Å². The van der Waals surface area contributed by atoms with Crippen LogP contribution in [0.1, 0.15) is 0 Å². The third-order valence-electron chi connectivity index (χ3n) is 2.24. The Bertz CT molecular complexity index is 545. The molecule has 0 saturated heterocycles. The molecule has 0 atom stereocenters. The lowest BCUT2D eigenvalue weighted by Gasteiger charge is -2.13. The average Bonchev–Trinajstić information content (AvgIpc) is 2.46. The second kappa shape index (κ2) is 7.83. The van der Waals surface area contributed by atoms with E-state index in [2.05, 4.69) is 19.5 Å². The molecule has 0 aliphatic carbocycles. The number of nitrogens with one attached hydrogen (secondary N) is 1. The topological polar surface area (TPSA) is 73.9 Å². The largest absolute Gasteiger partial charge is 0.466 e. The van der Waals surface area contributed by atoms with Crippen molar-refractivity contribution in [1.29, 1.82) is 0 Å². The van der Waals surface area contributed by atoms with Gasteiger partial charge in [0.25, 0.3) is 0 Å². The van der Waals surface area contributed by atoms with Crippen molar-refractivity contribution in [3.05, 3.63) is 36.0 Å². The number of benzene rings is 1. The fraction of sp³-hybridized carbons (Fsp3) is 0.231. The van der Waals surface area contributed by atoms with Crippen molar-refractivity contribution in [3.8, 4) is 5.75 Å². The van der Waals surface area contributed by atoms with Crippen LogP contribution in [0.25, 0.3) is 0 Å². The van der Waals surface area contributed by atoms with E-state index in [4.69, 9.17) is 0 Å². The summed E-state index contributed by atoms with van der Waals surface area (Å²) in [6.45, 7) is -3.03. The number of hydrogen-bond acceptors (Lipinski definition) is 6. The van der Waals surface area contributed by atoms with Gasteiger partial charge in [-0.1, -0.05) is 12.1 Å². The summed E-state index contributed by atoms with van der Waals surface area (Å²) in [4.78, 5) is 22.7. The fourth-order valence-electron chi connectivity index (χ4n) is 1.35. The van der Waals surface area contributed by atoms with Crippen molar-refractivity contribution in [1.82, 2.24) is 0 Å². The molecule has 0 amide bonds. The number of rotatable bonds is 6. The molecule has 0 unspecified atom stereocenters. The van der Waals surface area contributed by atoms with Gasteiger partial charge in [-0.15, -0.1) is 0 Å². The van der Waals surface area contributed by atoms with Crippen molar-refractivity contribution in [3.63, 3.8) is 0 Å². The number of esters is 2. The maximum Gasteiger partial charge on any atom is 0.387 e. The van der Waals surface area contributed by atoms with Crippen LogP contribution in [0.2, 0.25) is 0 Å². The zero-order valence-corrected chi connectivity index (χ0v) is 11.3. The molecule has 1 N–H and O–H groups in total. The van der Waals surface area contributed by atoms with E-state index in [0.717, 1.165) is 20.3 Å². The average molecular weight is 301 g/mol. The van der Waals surface area contributed by atoms with Crippen molar-refractivity contribution in [2.24, 2.45) is 0 Å². The Morgan fingerprint density at radius 3 is 2.43 bits per heavy atom. The number of ether oxygens (including phenoxy) is 3. The lowest BCUT2D eigenvalue weighted by Crippen LogP contribution is -2.16. The van der Waals surface area contributed by atoms with E-state index in [1.807, 2.05) is 0 Å². The van der Waals surface area contributed by atoms with Crippen molar-refractivity contribution in [2.75, 3.05) is 19.5 Å². The van der Waals surface area contributed by atoms with Crippen LogP contribution in [0, 0.1) is 0 Å².